The highest BCUT2D eigenvalue weighted by Crippen LogP contribution is 2.12. The Morgan fingerprint density at radius 3 is 2.37 bits per heavy atom. The highest BCUT2D eigenvalue weighted by atomic mass is 14.0. The predicted molar refractivity (Wildman–Crippen MR) is 82.0 cm³/mol. The predicted octanol–water partition coefficient (Wildman–Crippen LogP) is 4.60. The molecule has 19 heavy (non-hydrogen) atoms. The van der Waals surface area contributed by atoms with Crippen LogP contribution in [0.3, 0.4) is 0 Å². The van der Waals surface area contributed by atoms with E-state index in [2.05, 4.69) is 43.5 Å². The lowest BCUT2D eigenvalue weighted by Crippen LogP contribution is -1.90. The van der Waals surface area contributed by atoms with Crippen molar-refractivity contribution in [2.24, 2.45) is 0 Å². The third-order valence-electron chi connectivity index (χ3n) is 2.95. The second kappa shape index (κ2) is 6.61. The van der Waals surface area contributed by atoms with Gasteiger partial charge in [0.25, 0.3) is 0 Å². The molecule has 0 unspecified atom stereocenters. The second-order valence-electron chi connectivity index (χ2n) is 4.73. The molecule has 94 valence electrons. The Labute approximate surface area is 115 Å². The van der Waals surface area contributed by atoms with E-state index in [1.54, 1.807) is 0 Å². The molecule has 0 radical (unpaired) electrons. The molecule has 0 aliphatic rings. The Morgan fingerprint density at radius 2 is 1.63 bits per heavy atom. The van der Waals surface area contributed by atoms with E-state index in [0.29, 0.717) is 0 Å². The molecule has 0 heterocycles. The van der Waals surface area contributed by atoms with Crippen LogP contribution in [0.15, 0.2) is 66.7 Å². The molecule has 2 aromatic carbocycles. The second-order valence-corrected chi connectivity index (χ2v) is 4.73. The van der Waals surface area contributed by atoms with Gasteiger partial charge in [0.05, 0.1) is 0 Å². The first-order valence-corrected chi connectivity index (χ1v) is 6.55. The maximum atomic E-state index is 3.96. The summed E-state index contributed by atoms with van der Waals surface area (Å²) in [4.78, 5) is 0. The van der Waals surface area contributed by atoms with Crippen molar-refractivity contribution < 1.29 is 0 Å². The lowest BCUT2D eigenvalue weighted by Gasteiger charge is -2.04. The third kappa shape index (κ3) is 4.16. The number of allylic oxidation sites excluding steroid dienone is 1. The first-order chi connectivity index (χ1) is 9.25. The van der Waals surface area contributed by atoms with Crippen molar-refractivity contribution in [3.05, 3.63) is 83.4 Å². The summed E-state index contributed by atoms with van der Waals surface area (Å²) >= 11 is 0. The van der Waals surface area contributed by atoms with Gasteiger partial charge in [-0.05, 0) is 43.5 Å². The Balaban J connectivity index is 2.21. The maximum absolute atomic E-state index is 3.96. The molecule has 2 rings (SSSR count). The van der Waals surface area contributed by atoms with Crippen molar-refractivity contribution in [3.63, 3.8) is 0 Å². The average molecular weight is 246 g/mol. The first-order valence-electron chi connectivity index (χ1n) is 6.55. The van der Waals surface area contributed by atoms with Gasteiger partial charge >= 0.3 is 0 Å². The van der Waals surface area contributed by atoms with E-state index >= 15 is 0 Å². The van der Waals surface area contributed by atoms with Crippen LogP contribution >= 0.6 is 0 Å². The zero-order chi connectivity index (χ0) is 13.5. The van der Waals surface area contributed by atoms with Gasteiger partial charge in [0.15, 0.2) is 0 Å². The van der Waals surface area contributed by atoms with Crippen molar-refractivity contribution in [1.82, 2.24) is 0 Å². The molecule has 0 heteroatoms. The standard InChI is InChI=1S/C19H18/c1-16(2)12-14-18-10-6-7-11-19(18)15-13-17-8-4-3-5-9-17/h3-11H,1,12,14H2,2H3. The minimum atomic E-state index is 1.01. The van der Waals surface area contributed by atoms with Gasteiger partial charge in [0.2, 0.25) is 0 Å². The molecular formula is C19H18. The van der Waals surface area contributed by atoms with Crippen LogP contribution in [0.25, 0.3) is 0 Å². The van der Waals surface area contributed by atoms with Crippen molar-refractivity contribution >= 4 is 0 Å². The molecule has 0 spiro atoms. The van der Waals surface area contributed by atoms with Crippen molar-refractivity contribution in [3.8, 4) is 11.8 Å². The molecule has 0 bridgehead atoms. The Bertz CT molecular complexity index is 609. The first kappa shape index (κ1) is 13.2. The molecule has 0 aliphatic heterocycles. The normalized spacial score (nSPS) is 9.53. The highest BCUT2D eigenvalue weighted by Gasteiger charge is 1.99. The van der Waals surface area contributed by atoms with Crippen LogP contribution in [0.5, 0.6) is 0 Å². The molecule has 0 aliphatic carbocycles. The van der Waals surface area contributed by atoms with Gasteiger partial charge in [0.1, 0.15) is 0 Å². The fourth-order valence-corrected chi connectivity index (χ4v) is 1.87. The van der Waals surface area contributed by atoms with E-state index in [-0.39, 0.29) is 0 Å². The fourth-order valence-electron chi connectivity index (χ4n) is 1.87. The molecular weight excluding hydrogens is 228 g/mol. The molecule has 0 fully saturated rings. The van der Waals surface area contributed by atoms with Crippen LogP contribution in [-0.2, 0) is 6.42 Å². The lowest BCUT2D eigenvalue weighted by atomic mass is 10.0. The maximum Gasteiger partial charge on any atom is 0.0281 e. The van der Waals surface area contributed by atoms with Gasteiger partial charge in [-0.2, -0.15) is 0 Å². The number of hydrogen-bond acceptors (Lipinski definition) is 0. The summed E-state index contributed by atoms with van der Waals surface area (Å²) in [6, 6.07) is 18.4. The van der Waals surface area contributed by atoms with Gasteiger partial charge in [-0.15, -0.1) is 6.58 Å². The minimum absolute atomic E-state index is 1.01. The molecule has 0 saturated carbocycles. The average Bonchev–Trinajstić information content (AvgIpc) is 2.45. The molecule has 0 amide bonds. The molecule has 0 nitrogen and oxygen atoms in total. The molecule has 0 atom stereocenters. The number of aryl methyl sites for hydroxylation is 1. The molecule has 0 aromatic heterocycles. The number of rotatable bonds is 3. The van der Waals surface area contributed by atoms with Gasteiger partial charge in [-0.3, -0.25) is 0 Å². The fraction of sp³-hybridized carbons (Fsp3) is 0.158. The van der Waals surface area contributed by atoms with Crippen LogP contribution in [0.4, 0.5) is 0 Å². The van der Waals surface area contributed by atoms with E-state index in [9.17, 15) is 0 Å². The van der Waals surface area contributed by atoms with Crippen molar-refractivity contribution in [1.29, 1.82) is 0 Å². The summed E-state index contributed by atoms with van der Waals surface area (Å²) in [7, 11) is 0. The molecule has 2 aromatic rings. The van der Waals surface area contributed by atoms with E-state index < -0.39 is 0 Å². The zero-order valence-electron chi connectivity index (χ0n) is 11.3. The van der Waals surface area contributed by atoms with Crippen LogP contribution in [0, 0.1) is 11.8 Å². The SMILES string of the molecule is C=C(C)CCc1ccccc1C#Cc1ccccc1. The quantitative estimate of drug-likeness (QED) is 0.548. The van der Waals surface area contributed by atoms with Gasteiger partial charge in [-0.1, -0.05) is 53.8 Å². The Hall–Kier alpha value is -2.26. The van der Waals surface area contributed by atoms with E-state index in [4.69, 9.17) is 0 Å². The minimum Gasteiger partial charge on any atom is -0.100 e. The zero-order valence-corrected chi connectivity index (χ0v) is 11.3. The summed E-state index contributed by atoms with van der Waals surface area (Å²) in [6.07, 6.45) is 2.03. The van der Waals surface area contributed by atoms with E-state index in [1.807, 2.05) is 36.4 Å². The summed E-state index contributed by atoms with van der Waals surface area (Å²) < 4.78 is 0. The third-order valence-corrected chi connectivity index (χ3v) is 2.95. The van der Waals surface area contributed by atoms with Crippen LogP contribution in [0.2, 0.25) is 0 Å². The molecule has 0 N–H and O–H groups in total. The topological polar surface area (TPSA) is 0 Å². The lowest BCUT2D eigenvalue weighted by molar-refractivity contribution is 0.943. The summed E-state index contributed by atoms with van der Waals surface area (Å²) in [6.45, 7) is 6.03. The Morgan fingerprint density at radius 1 is 0.947 bits per heavy atom. The monoisotopic (exact) mass is 246 g/mol. The number of hydrogen-bond donors (Lipinski definition) is 0. The largest absolute Gasteiger partial charge is 0.100 e. The van der Waals surface area contributed by atoms with Crippen LogP contribution in [-0.4, -0.2) is 0 Å². The Kier molecular flexibility index (Phi) is 4.59. The summed E-state index contributed by atoms with van der Waals surface area (Å²) in [5.41, 5.74) is 4.68. The smallest absolute Gasteiger partial charge is 0.0281 e. The molecule has 0 saturated heterocycles. The van der Waals surface area contributed by atoms with Crippen molar-refractivity contribution in [2.45, 2.75) is 19.8 Å². The number of benzene rings is 2. The van der Waals surface area contributed by atoms with Crippen LogP contribution in [0.1, 0.15) is 30.0 Å². The summed E-state index contributed by atoms with van der Waals surface area (Å²) in [5, 5.41) is 0. The van der Waals surface area contributed by atoms with E-state index in [0.717, 1.165) is 24.0 Å². The van der Waals surface area contributed by atoms with Gasteiger partial charge in [-0.25, -0.2) is 0 Å². The van der Waals surface area contributed by atoms with Gasteiger partial charge < -0.3 is 0 Å². The highest BCUT2D eigenvalue weighted by molar-refractivity contribution is 5.46. The summed E-state index contributed by atoms with van der Waals surface area (Å²) in [5.74, 6) is 6.49. The van der Waals surface area contributed by atoms with Gasteiger partial charge in [0, 0.05) is 11.1 Å². The van der Waals surface area contributed by atoms with Crippen molar-refractivity contribution in [2.75, 3.05) is 0 Å². The van der Waals surface area contributed by atoms with Crippen LogP contribution < -0.4 is 0 Å². The van der Waals surface area contributed by atoms with E-state index in [1.165, 1.54) is 11.1 Å².